The molecule has 2 aliphatic heterocycles. The fraction of sp³-hybridized carbons (Fsp3) is 0.333. The third kappa shape index (κ3) is 22.7. The number of piperazine rings is 2. The van der Waals surface area contributed by atoms with E-state index in [2.05, 4.69) is 15.2 Å². The topological polar surface area (TPSA) is 254 Å². The fourth-order valence-corrected chi connectivity index (χ4v) is 8.13. The van der Waals surface area contributed by atoms with Crippen molar-refractivity contribution in [2.75, 3.05) is 52.4 Å². The Hall–Kier alpha value is -8.01. The molecule has 0 aliphatic carbocycles. The van der Waals surface area contributed by atoms with E-state index in [0.29, 0.717) is 73.0 Å². The summed E-state index contributed by atoms with van der Waals surface area (Å²) in [4.78, 5) is 77.4. The number of ether oxygens (including phenoxy) is 2. The average molecular weight is 1200 g/mol. The third-order valence-electron chi connectivity index (χ3n) is 12.0. The molecule has 20 nitrogen and oxygen atoms in total. The van der Waals surface area contributed by atoms with E-state index in [1.807, 2.05) is 77.9 Å². The predicted molar refractivity (Wildman–Crippen MR) is 321 cm³/mol. The van der Waals surface area contributed by atoms with Gasteiger partial charge < -0.3 is 63.7 Å². The quantitative estimate of drug-likeness (QED) is 0.0832. The van der Waals surface area contributed by atoms with Crippen LogP contribution in [0.5, 0.6) is 23.0 Å². The molecule has 0 unspecified atom stereocenters. The van der Waals surface area contributed by atoms with Crippen LogP contribution < -0.4 is 27.6 Å². The first kappa shape index (κ1) is 65.8. The molecule has 23 heteroatoms. The van der Waals surface area contributed by atoms with Gasteiger partial charge in [0, 0.05) is 104 Å². The number of carbonyl (C=O) groups excluding carboxylic acids is 2. The fourth-order valence-electron chi connectivity index (χ4n) is 7.75. The zero-order chi connectivity index (χ0) is 60.9. The number of carbonyl (C=O) groups is 2. The van der Waals surface area contributed by atoms with E-state index in [0.717, 1.165) is 42.9 Å². The molecular weight excluding hydrogens is 1130 g/mol. The first-order valence-corrected chi connectivity index (χ1v) is 27.6. The van der Waals surface area contributed by atoms with Crippen molar-refractivity contribution >= 4 is 47.0 Å². The highest BCUT2D eigenvalue weighted by Gasteiger charge is 2.27. The van der Waals surface area contributed by atoms with Gasteiger partial charge in [0.05, 0.1) is 19.6 Å². The molecule has 9 rings (SSSR count). The molecule has 2 amide bonds. The van der Waals surface area contributed by atoms with Crippen molar-refractivity contribution in [3.05, 3.63) is 219 Å². The van der Waals surface area contributed by atoms with Crippen molar-refractivity contribution < 1.29 is 39.5 Å². The second-order valence-electron chi connectivity index (χ2n) is 21.0. The van der Waals surface area contributed by atoms with Crippen LogP contribution in [0, 0.1) is 0 Å². The molecule has 0 atom stereocenters. The Morgan fingerprint density at radius 2 is 0.867 bits per heavy atom. The van der Waals surface area contributed by atoms with Crippen LogP contribution in [0.15, 0.2) is 159 Å². The van der Waals surface area contributed by atoms with Gasteiger partial charge in [-0.3, -0.25) is 24.1 Å². The maximum atomic E-state index is 12.6. The number of pyridine rings is 4. The lowest BCUT2D eigenvalue weighted by Gasteiger charge is -2.35. The van der Waals surface area contributed by atoms with E-state index in [1.165, 1.54) is 38.1 Å². The summed E-state index contributed by atoms with van der Waals surface area (Å²) < 4.78 is 15.0. The molecule has 2 fully saturated rings. The smallest absolute Gasteiger partial charge is 0.410 e. The molecule has 4 aromatic heterocycles. The van der Waals surface area contributed by atoms with Gasteiger partial charge in [-0.1, -0.05) is 71.2 Å². The van der Waals surface area contributed by atoms with E-state index >= 15 is 0 Å². The van der Waals surface area contributed by atoms with Gasteiger partial charge >= 0.3 is 12.2 Å². The van der Waals surface area contributed by atoms with Crippen LogP contribution in [0.1, 0.15) is 63.8 Å². The van der Waals surface area contributed by atoms with Gasteiger partial charge in [0.15, 0.2) is 23.0 Å². The monoisotopic (exact) mass is 1200 g/mol. The number of H-pyrrole nitrogens is 1. The minimum absolute atomic E-state index is 0.200. The first-order valence-electron chi connectivity index (χ1n) is 26.4. The van der Waals surface area contributed by atoms with Crippen LogP contribution in [-0.2, 0) is 35.7 Å². The molecular formula is C60H71Cl3N8O12. The Labute approximate surface area is 495 Å². The highest BCUT2D eigenvalue weighted by molar-refractivity contribution is 6.31. The van der Waals surface area contributed by atoms with Gasteiger partial charge in [0.25, 0.3) is 22.2 Å². The molecule has 6 heterocycles. The second kappa shape index (κ2) is 31.4. The number of aromatic amines is 1. The van der Waals surface area contributed by atoms with Gasteiger partial charge in [-0.25, -0.2) is 9.59 Å². The highest BCUT2D eigenvalue weighted by Crippen LogP contribution is 2.19. The van der Waals surface area contributed by atoms with Crippen LogP contribution in [0.2, 0.25) is 15.1 Å². The van der Waals surface area contributed by atoms with Gasteiger partial charge in [0.1, 0.15) is 11.2 Å². The summed E-state index contributed by atoms with van der Waals surface area (Å²) in [5.41, 5.74) is 0.856. The number of aromatic hydroxyl groups is 4. The molecule has 7 aromatic rings. The van der Waals surface area contributed by atoms with E-state index < -0.39 is 27.8 Å². The van der Waals surface area contributed by atoms with E-state index in [9.17, 15) is 44.1 Å². The Morgan fingerprint density at radius 3 is 1.24 bits per heavy atom. The highest BCUT2D eigenvalue weighted by atomic mass is 35.5. The molecule has 6 N–H and O–H groups in total. The Balaban J connectivity index is 0.000000204. The summed E-state index contributed by atoms with van der Waals surface area (Å²) in [6, 6.07) is 32.4. The number of benzene rings is 3. The maximum Gasteiger partial charge on any atom is 0.410 e. The molecule has 0 saturated carbocycles. The van der Waals surface area contributed by atoms with Gasteiger partial charge in [-0.05, 0) is 137 Å². The third-order valence-corrected chi connectivity index (χ3v) is 12.8. The molecule has 444 valence electrons. The molecule has 2 saturated heterocycles. The van der Waals surface area contributed by atoms with Gasteiger partial charge in [-0.15, -0.1) is 0 Å². The molecule has 0 bridgehead atoms. The number of nitrogens with one attached hydrogen (secondary N) is 2. The van der Waals surface area contributed by atoms with Crippen LogP contribution in [-0.4, -0.2) is 130 Å². The van der Waals surface area contributed by atoms with Crippen LogP contribution >= 0.6 is 34.8 Å². The standard InChI is InChI=1S/C22H28ClN3O4.2C12H10ClNO2.C9H18N2O2.C5H5NO2/c1-22(2,3)30-21(29)25-12-10-24(11-13-25)15-17-8-9-26(20(28)19(17)27)14-16-4-6-18(23)7-5-16;2*13-10-5-3-9(4-6-10)8-14-7-1-2-11(15)12(14)16;1-9(2,3)13-8(12)11-6-4-10-5-7-11;7-4-2-1-3-6-5(4)8/h4-9,27H,10-15H2,1-3H3;2*1-7,15H,8H2;10H,4-7H2,1-3H3;1-3,7H,(H,6,8). The van der Waals surface area contributed by atoms with Crippen molar-refractivity contribution in [2.24, 2.45) is 0 Å². The summed E-state index contributed by atoms with van der Waals surface area (Å²) in [6.07, 6.45) is 5.92. The number of amides is 2. The Kier molecular flexibility index (Phi) is 24.9. The summed E-state index contributed by atoms with van der Waals surface area (Å²) in [7, 11) is 0. The van der Waals surface area contributed by atoms with Crippen molar-refractivity contribution in [3.8, 4) is 23.0 Å². The minimum Gasteiger partial charge on any atom is -0.503 e. The van der Waals surface area contributed by atoms with E-state index in [-0.39, 0.29) is 40.8 Å². The minimum atomic E-state index is -0.518. The molecule has 2 aliphatic rings. The largest absolute Gasteiger partial charge is 0.503 e. The number of rotatable bonds is 8. The number of aromatic nitrogens is 4. The van der Waals surface area contributed by atoms with Crippen molar-refractivity contribution in [1.82, 2.24) is 38.7 Å². The number of halogens is 3. The summed E-state index contributed by atoms with van der Waals surface area (Å²) in [5.74, 6) is -0.957. The van der Waals surface area contributed by atoms with Crippen molar-refractivity contribution in [1.29, 1.82) is 0 Å². The van der Waals surface area contributed by atoms with Crippen molar-refractivity contribution in [2.45, 2.75) is 78.9 Å². The second-order valence-corrected chi connectivity index (χ2v) is 22.3. The maximum absolute atomic E-state index is 12.6. The predicted octanol–water partition coefficient (Wildman–Crippen LogP) is 8.73. The molecule has 0 radical (unpaired) electrons. The van der Waals surface area contributed by atoms with E-state index in [1.54, 1.807) is 89.1 Å². The number of hydrogen-bond acceptors (Lipinski definition) is 14. The lowest BCUT2D eigenvalue weighted by Crippen LogP contribution is -2.49. The van der Waals surface area contributed by atoms with Crippen LogP contribution in [0.25, 0.3) is 0 Å². The van der Waals surface area contributed by atoms with Crippen LogP contribution in [0.3, 0.4) is 0 Å². The summed E-state index contributed by atoms with van der Waals surface area (Å²) in [6.45, 7) is 18.4. The average Bonchev–Trinajstić information content (AvgIpc) is 3.53. The Bertz CT molecular complexity index is 3330. The van der Waals surface area contributed by atoms with Gasteiger partial charge in [-0.2, -0.15) is 0 Å². The zero-order valence-electron chi connectivity index (χ0n) is 47.1. The zero-order valence-corrected chi connectivity index (χ0v) is 49.4. The lowest BCUT2D eigenvalue weighted by molar-refractivity contribution is 0.0137. The van der Waals surface area contributed by atoms with Crippen LogP contribution in [0.4, 0.5) is 9.59 Å². The number of hydrogen-bond donors (Lipinski definition) is 6. The molecule has 0 spiro atoms. The van der Waals surface area contributed by atoms with E-state index in [4.69, 9.17) is 49.4 Å². The normalized spacial score (nSPS) is 13.3. The lowest BCUT2D eigenvalue weighted by atomic mass is 10.2. The SMILES string of the molecule is CC(C)(C)OC(=O)N1CCN(Cc2ccn(Cc3ccc(Cl)cc3)c(=O)c2O)CC1.CC(C)(C)OC(=O)N1CCNCC1.O=c1[nH]cccc1O.O=c1c(O)cccn1Cc1ccc(Cl)cc1.O=c1c(O)cccn1Cc1ccc(Cl)cc1. The Morgan fingerprint density at radius 1 is 0.482 bits per heavy atom. The van der Waals surface area contributed by atoms with Crippen molar-refractivity contribution in [3.63, 3.8) is 0 Å². The van der Waals surface area contributed by atoms with Gasteiger partial charge in [0.2, 0.25) is 0 Å². The molecule has 83 heavy (non-hydrogen) atoms. The number of nitrogens with zero attached hydrogens (tertiary/aromatic N) is 6. The summed E-state index contributed by atoms with van der Waals surface area (Å²) in [5, 5.41) is 42.7. The first-order chi connectivity index (χ1) is 39.2. The summed E-state index contributed by atoms with van der Waals surface area (Å²) >= 11 is 17.4. The molecule has 3 aromatic carbocycles.